The summed E-state index contributed by atoms with van der Waals surface area (Å²) < 4.78 is 0. The summed E-state index contributed by atoms with van der Waals surface area (Å²) in [5, 5.41) is 2.53. The van der Waals surface area contributed by atoms with E-state index in [0.717, 1.165) is 18.4 Å². The molecule has 1 aromatic heterocycles. The minimum Gasteiger partial charge on any atom is -0.295 e. The molecule has 0 N–H and O–H groups in total. The third-order valence-corrected chi connectivity index (χ3v) is 2.20. The maximum absolute atomic E-state index is 10.3. The summed E-state index contributed by atoms with van der Waals surface area (Å²) in [5.41, 5.74) is 1.27. The molecule has 0 fully saturated rings. The number of hydrogen-bond acceptors (Lipinski definition) is 3. The summed E-state index contributed by atoms with van der Waals surface area (Å²) in [4.78, 5) is 14.5. The molecular formula is C9H13NOS. The van der Waals surface area contributed by atoms with Crippen LogP contribution < -0.4 is 0 Å². The van der Waals surface area contributed by atoms with Gasteiger partial charge in [-0.3, -0.25) is 4.79 Å². The quantitative estimate of drug-likeness (QED) is 0.659. The van der Waals surface area contributed by atoms with Crippen molar-refractivity contribution in [1.82, 2.24) is 4.98 Å². The molecule has 12 heavy (non-hydrogen) atoms. The minimum atomic E-state index is 0.244. The number of nitrogens with zero attached hydrogens (tertiary/aromatic N) is 1. The van der Waals surface area contributed by atoms with Gasteiger partial charge in [0.25, 0.3) is 0 Å². The Bertz CT molecular complexity index is 272. The minimum absolute atomic E-state index is 0.244. The highest BCUT2D eigenvalue weighted by Crippen LogP contribution is 2.21. The molecule has 0 aromatic carbocycles. The molecule has 0 aliphatic rings. The van der Waals surface area contributed by atoms with Gasteiger partial charge in [0.1, 0.15) is 0 Å². The van der Waals surface area contributed by atoms with Crippen LogP contribution in [0, 0.1) is 5.41 Å². The summed E-state index contributed by atoms with van der Waals surface area (Å²) in [6.45, 7) is 6.48. The molecule has 0 radical (unpaired) electrons. The van der Waals surface area contributed by atoms with E-state index < -0.39 is 0 Å². The molecule has 0 saturated heterocycles. The van der Waals surface area contributed by atoms with Gasteiger partial charge in [-0.2, -0.15) is 0 Å². The molecule has 1 aromatic rings. The summed E-state index contributed by atoms with van der Waals surface area (Å²) >= 11 is 1.41. The third-order valence-electron chi connectivity index (χ3n) is 1.38. The highest BCUT2D eigenvalue weighted by molar-refractivity contribution is 7.11. The van der Waals surface area contributed by atoms with Crippen LogP contribution in [0.4, 0.5) is 0 Å². The largest absolute Gasteiger partial charge is 0.295 e. The lowest BCUT2D eigenvalue weighted by Crippen LogP contribution is -2.09. The van der Waals surface area contributed by atoms with Gasteiger partial charge >= 0.3 is 0 Å². The van der Waals surface area contributed by atoms with E-state index >= 15 is 0 Å². The second kappa shape index (κ2) is 3.35. The lowest BCUT2D eigenvalue weighted by molar-refractivity contribution is 0.112. The van der Waals surface area contributed by atoms with E-state index in [1.807, 2.05) is 5.38 Å². The van der Waals surface area contributed by atoms with E-state index in [1.165, 1.54) is 11.3 Å². The monoisotopic (exact) mass is 183 g/mol. The molecule has 0 aliphatic carbocycles. The van der Waals surface area contributed by atoms with Crippen LogP contribution >= 0.6 is 11.3 Å². The summed E-state index contributed by atoms with van der Waals surface area (Å²) in [7, 11) is 0. The van der Waals surface area contributed by atoms with E-state index in [9.17, 15) is 4.79 Å². The van der Waals surface area contributed by atoms with E-state index in [0.29, 0.717) is 5.01 Å². The van der Waals surface area contributed by atoms with Crippen LogP contribution in [-0.2, 0) is 6.42 Å². The maximum Gasteiger partial charge on any atom is 0.178 e. The van der Waals surface area contributed by atoms with Crippen molar-refractivity contribution in [3.05, 3.63) is 16.1 Å². The average Bonchev–Trinajstić information content (AvgIpc) is 2.32. The van der Waals surface area contributed by atoms with Gasteiger partial charge in [0.2, 0.25) is 0 Å². The van der Waals surface area contributed by atoms with Crippen molar-refractivity contribution in [1.29, 1.82) is 0 Å². The Kier molecular flexibility index (Phi) is 2.62. The second-order valence-corrected chi connectivity index (χ2v) is 4.92. The van der Waals surface area contributed by atoms with Crippen LogP contribution in [0.5, 0.6) is 0 Å². The van der Waals surface area contributed by atoms with Gasteiger partial charge < -0.3 is 0 Å². The molecule has 2 nitrogen and oxygen atoms in total. The lowest BCUT2D eigenvalue weighted by atomic mass is 9.91. The number of aldehydes is 1. The predicted octanol–water partition coefficient (Wildman–Crippen LogP) is 2.54. The van der Waals surface area contributed by atoms with Gasteiger partial charge in [0.15, 0.2) is 11.3 Å². The molecule has 0 amide bonds. The number of carbonyl (C=O) groups excluding carboxylic acids is 1. The molecule has 0 bridgehead atoms. The van der Waals surface area contributed by atoms with Gasteiger partial charge in [-0.15, -0.1) is 11.3 Å². The Morgan fingerprint density at radius 2 is 2.25 bits per heavy atom. The van der Waals surface area contributed by atoms with Crippen LogP contribution in [0.15, 0.2) is 5.38 Å². The standard InChI is InChI=1S/C9H13NOS/c1-9(2,3)4-7-6-12-8(5-11)10-7/h5-6H,4H2,1-3H3. The van der Waals surface area contributed by atoms with Crippen molar-refractivity contribution in [2.45, 2.75) is 27.2 Å². The SMILES string of the molecule is CC(C)(C)Cc1csc(C=O)n1. The molecule has 1 rings (SSSR count). The van der Waals surface area contributed by atoms with E-state index in [2.05, 4.69) is 25.8 Å². The topological polar surface area (TPSA) is 30.0 Å². The van der Waals surface area contributed by atoms with Crippen molar-refractivity contribution in [3.8, 4) is 0 Å². The van der Waals surface area contributed by atoms with Crippen LogP contribution in [0.25, 0.3) is 0 Å². The lowest BCUT2D eigenvalue weighted by Gasteiger charge is -2.15. The first kappa shape index (κ1) is 9.39. The Morgan fingerprint density at radius 3 is 2.67 bits per heavy atom. The first-order chi connectivity index (χ1) is 5.51. The highest BCUT2D eigenvalue weighted by Gasteiger charge is 2.13. The molecule has 0 spiro atoms. The normalized spacial score (nSPS) is 11.6. The number of thiazole rings is 1. The first-order valence-electron chi connectivity index (χ1n) is 3.91. The molecule has 0 aliphatic heterocycles. The zero-order chi connectivity index (χ0) is 9.19. The van der Waals surface area contributed by atoms with Gasteiger partial charge in [0, 0.05) is 5.38 Å². The predicted molar refractivity (Wildman–Crippen MR) is 50.7 cm³/mol. The molecular weight excluding hydrogens is 170 g/mol. The van der Waals surface area contributed by atoms with Gasteiger partial charge in [-0.25, -0.2) is 4.98 Å². The van der Waals surface area contributed by atoms with E-state index in [4.69, 9.17) is 0 Å². The van der Waals surface area contributed by atoms with Crippen LogP contribution in [0.2, 0.25) is 0 Å². The highest BCUT2D eigenvalue weighted by atomic mass is 32.1. The number of aromatic nitrogens is 1. The van der Waals surface area contributed by atoms with Crippen LogP contribution in [0.3, 0.4) is 0 Å². The van der Waals surface area contributed by atoms with Crippen LogP contribution in [-0.4, -0.2) is 11.3 Å². The summed E-state index contributed by atoms with van der Waals surface area (Å²) in [5.74, 6) is 0. The van der Waals surface area contributed by atoms with Gasteiger partial charge in [0.05, 0.1) is 5.69 Å². The number of rotatable bonds is 2. The van der Waals surface area contributed by atoms with E-state index in [-0.39, 0.29) is 5.41 Å². The smallest absolute Gasteiger partial charge is 0.178 e. The Balaban J connectivity index is 2.70. The zero-order valence-electron chi connectivity index (χ0n) is 7.63. The number of hydrogen-bond donors (Lipinski definition) is 0. The number of carbonyl (C=O) groups is 1. The molecule has 3 heteroatoms. The second-order valence-electron chi connectivity index (χ2n) is 4.03. The maximum atomic E-state index is 10.3. The van der Waals surface area contributed by atoms with Crippen molar-refractivity contribution in [3.63, 3.8) is 0 Å². The molecule has 0 unspecified atom stereocenters. The molecule has 0 saturated carbocycles. The van der Waals surface area contributed by atoms with Crippen LogP contribution in [0.1, 0.15) is 36.3 Å². The van der Waals surface area contributed by atoms with Gasteiger partial charge in [-0.05, 0) is 11.8 Å². The zero-order valence-corrected chi connectivity index (χ0v) is 8.44. The van der Waals surface area contributed by atoms with Crippen molar-refractivity contribution in [2.75, 3.05) is 0 Å². The van der Waals surface area contributed by atoms with Crippen molar-refractivity contribution in [2.24, 2.45) is 5.41 Å². The summed E-state index contributed by atoms with van der Waals surface area (Å²) in [6, 6.07) is 0. The van der Waals surface area contributed by atoms with E-state index in [1.54, 1.807) is 0 Å². The molecule has 0 atom stereocenters. The van der Waals surface area contributed by atoms with Crippen molar-refractivity contribution >= 4 is 17.6 Å². The Hall–Kier alpha value is -0.700. The fourth-order valence-electron chi connectivity index (χ4n) is 1.00. The Labute approximate surface area is 76.6 Å². The third kappa shape index (κ3) is 2.74. The first-order valence-corrected chi connectivity index (χ1v) is 4.79. The average molecular weight is 183 g/mol. The molecule has 66 valence electrons. The fourth-order valence-corrected chi connectivity index (χ4v) is 1.62. The summed E-state index contributed by atoms with van der Waals surface area (Å²) in [6.07, 6.45) is 1.73. The van der Waals surface area contributed by atoms with Gasteiger partial charge in [-0.1, -0.05) is 20.8 Å². The fraction of sp³-hybridized carbons (Fsp3) is 0.556. The molecule has 1 heterocycles. The Morgan fingerprint density at radius 1 is 1.58 bits per heavy atom. The van der Waals surface area contributed by atoms with Crippen molar-refractivity contribution < 1.29 is 4.79 Å².